The van der Waals surface area contributed by atoms with Gasteiger partial charge in [0.25, 0.3) is 0 Å². The Bertz CT molecular complexity index is 207. The summed E-state index contributed by atoms with van der Waals surface area (Å²) in [4.78, 5) is 0. The summed E-state index contributed by atoms with van der Waals surface area (Å²) < 4.78 is 22.3. The minimum absolute atomic E-state index is 0. The molecule has 0 aromatic rings. The van der Waals surface area contributed by atoms with Gasteiger partial charge in [0.1, 0.15) is 0 Å². The molecular formula is C18H41ClO4P2. The van der Waals surface area contributed by atoms with Crippen molar-refractivity contribution < 1.29 is 18.9 Å². The van der Waals surface area contributed by atoms with Crippen LogP contribution in [0.15, 0.2) is 0 Å². The fourth-order valence-corrected chi connectivity index (χ4v) is 7.46. The molecule has 0 saturated carbocycles. The SMILES string of the molecule is CCOCCP(CCOCC)CCP(CCOCC)CCOCC.Cl. The average molecular weight is 419 g/mol. The third kappa shape index (κ3) is 19.6. The molecule has 0 aliphatic rings. The van der Waals surface area contributed by atoms with Crippen molar-refractivity contribution in [2.45, 2.75) is 27.7 Å². The minimum atomic E-state index is 0. The Morgan fingerprint density at radius 2 is 0.680 bits per heavy atom. The lowest BCUT2D eigenvalue weighted by atomic mass is 10.8. The Kier molecular flexibility index (Phi) is 26.0. The summed E-state index contributed by atoms with van der Waals surface area (Å²) in [5, 5.41) is 0. The second kappa shape index (κ2) is 23.0. The van der Waals surface area contributed by atoms with Gasteiger partial charge in [-0.1, -0.05) is 0 Å². The van der Waals surface area contributed by atoms with Crippen LogP contribution in [0.25, 0.3) is 0 Å². The molecule has 0 fully saturated rings. The van der Waals surface area contributed by atoms with E-state index in [0.717, 1.165) is 52.9 Å². The van der Waals surface area contributed by atoms with E-state index in [9.17, 15) is 0 Å². The number of hydrogen-bond acceptors (Lipinski definition) is 4. The predicted molar refractivity (Wildman–Crippen MR) is 116 cm³/mol. The summed E-state index contributed by atoms with van der Waals surface area (Å²) >= 11 is 0. The Morgan fingerprint density at radius 3 is 0.880 bits per heavy atom. The van der Waals surface area contributed by atoms with Crippen molar-refractivity contribution >= 4 is 28.3 Å². The molecule has 0 rings (SSSR count). The van der Waals surface area contributed by atoms with Gasteiger partial charge < -0.3 is 18.9 Å². The second-order valence-electron chi connectivity index (χ2n) is 5.47. The monoisotopic (exact) mass is 418 g/mol. The zero-order valence-electron chi connectivity index (χ0n) is 16.8. The zero-order chi connectivity index (χ0) is 17.9. The third-order valence-corrected chi connectivity index (χ3v) is 9.08. The molecule has 0 atom stereocenters. The van der Waals surface area contributed by atoms with E-state index in [1.807, 2.05) is 0 Å². The smallest absolute Gasteiger partial charge is 0.0505 e. The van der Waals surface area contributed by atoms with Crippen LogP contribution in [0.2, 0.25) is 0 Å². The number of halogens is 1. The highest BCUT2D eigenvalue weighted by atomic mass is 35.5. The van der Waals surface area contributed by atoms with Crippen LogP contribution in [-0.4, -0.2) is 89.8 Å². The fraction of sp³-hybridized carbons (Fsp3) is 1.00. The summed E-state index contributed by atoms with van der Waals surface area (Å²) in [6.45, 7) is 15.2. The van der Waals surface area contributed by atoms with E-state index >= 15 is 0 Å². The fourth-order valence-electron chi connectivity index (χ4n) is 2.31. The van der Waals surface area contributed by atoms with Gasteiger partial charge in [-0.25, -0.2) is 0 Å². The standard InChI is InChI=1S/C18H40O4P2.ClH/c1-5-19-9-13-23(14-10-20-6-2)17-18-24(15-11-21-7-3)16-12-22-8-4;/h5-18H2,1-4H3;1H. The highest BCUT2D eigenvalue weighted by Gasteiger charge is 2.13. The molecule has 0 bridgehead atoms. The molecule has 0 saturated heterocycles. The topological polar surface area (TPSA) is 36.9 Å². The first-order valence-corrected chi connectivity index (χ1v) is 13.3. The van der Waals surface area contributed by atoms with Crippen molar-refractivity contribution in [3.63, 3.8) is 0 Å². The zero-order valence-corrected chi connectivity index (χ0v) is 19.4. The van der Waals surface area contributed by atoms with E-state index in [1.165, 1.54) is 37.0 Å². The summed E-state index contributed by atoms with van der Waals surface area (Å²) in [5.74, 6) is 0. The van der Waals surface area contributed by atoms with Gasteiger partial charge in [0.05, 0.1) is 26.4 Å². The predicted octanol–water partition coefficient (Wildman–Crippen LogP) is 4.52. The Morgan fingerprint density at radius 1 is 0.440 bits per heavy atom. The largest absolute Gasteiger partial charge is 0.381 e. The molecule has 0 amide bonds. The van der Waals surface area contributed by atoms with E-state index in [4.69, 9.17) is 18.9 Å². The van der Waals surface area contributed by atoms with Crippen LogP contribution in [0.1, 0.15) is 27.7 Å². The van der Waals surface area contributed by atoms with Crippen molar-refractivity contribution in [1.82, 2.24) is 0 Å². The van der Waals surface area contributed by atoms with E-state index in [1.54, 1.807) is 0 Å². The van der Waals surface area contributed by atoms with Gasteiger partial charge in [0.2, 0.25) is 0 Å². The lowest BCUT2D eigenvalue weighted by Gasteiger charge is -2.22. The maximum Gasteiger partial charge on any atom is 0.0505 e. The molecule has 0 radical (unpaired) electrons. The first-order chi connectivity index (χ1) is 11.8. The van der Waals surface area contributed by atoms with E-state index in [2.05, 4.69) is 27.7 Å². The van der Waals surface area contributed by atoms with E-state index in [0.29, 0.717) is 0 Å². The summed E-state index contributed by atoms with van der Waals surface area (Å²) in [6, 6.07) is 0. The van der Waals surface area contributed by atoms with Crippen LogP contribution in [0.3, 0.4) is 0 Å². The quantitative estimate of drug-likeness (QED) is 0.228. The molecule has 0 heterocycles. The minimum Gasteiger partial charge on any atom is -0.381 e. The van der Waals surface area contributed by atoms with Crippen LogP contribution >= 0.6 is 28.3 Å². The molecule has 0 aliphatic carbocycles. The van der Waals surface area contributed by atoms with Crippen LogP contribution < -0.4 is 0 Å². The van der Waals surface area contributed by atoms with Crippen molar-refractivity contribution in [3.05, 3.63) is 0 Å². The summed E-state index contributed by atoms with van der Waals surface area (Å²) in [7, 11) is 0.0619. The average Bonchev–Trinajstić information content (AvgIpc) is 2.59. The molecule has 25 heavy (non-hydrogen) atoms. The van der Waals surface area contributed by atoms with Crippen LogP contribution in [-0.2, 0) is 18.9 Å². The molecule has 0 aromatic carbocycles. The maximum atomic E-state index is 5.58. The Hall–Kier alpha value is 0.990. The third-order valence-electron chi connectivity index (χ3n) is 3.76. The lowest BCUT2D eigenvalue weighted by Crippen LogP contribution is -2.11. The summed E-state index contributed by atoms with van der Waals surface area (Å²) in [5.41, 5.74) is 0. The number of ether oxygens (including phenoxy) is 4. The van der Waals surface area contributed by atoms with E-state index in [-0.39, 0.29) is 28.3 Å². The number of rotatable bonds is 19. The molecule has 154 valence electrons. The van der Waals surface area contributed by atoms with Crippen LogP contribution in [0, 0.1) is 0 Å². The Labute approximate surface area is 165 Å². The van der Waals surface area contributed by atoms with Gasteiger partial charge >= 0.3 is 0 Å². The van der Waals surface area contributed by atoms with Crippen molar-refractivity contribution in [3.8, 4) is 0 Å². The highest BCUT2D eigenvalue weighted by Crippen LogP contribution is 2.42. The van der Waals surface area contributed by atoms with Crippen molar-refractivity contribution in [1.29, 1.82) is 0 Å². The van der Waals surface area contributed by atoms with Crippen LogP contribution in [0.4, 0.5) is 0 Å². The molecule has 0 N–H and O–H groups in total. The van der Waals surface area contributed by atoms with Gasteiger partial charge in [-0.05, 0) is 64.7 Å². The molecule has 0 aliphatic heterocycles. The maximum absolute atomic E-state index is 5.58. The van der Waals surface area contributed by atoms with Gasteiger partial charge in [0.15, 0.2) is 0 Å². The molecule has 0 aromatic heterocycles. The first-order valence-electron chi connectivity index (χ1n) is 9.54. The van der Waals surface area contributed by atoms with Gasteiger partial charge in [-0.2, -0.15) is 0 Å². The highest BCUT2D eigenvalue weighted by molar-refractivity contribution is 7.61. The molecule has 0 spiro atoms. The summed E-state index contributed by atoms with van der Waals surface area (Å²) in [6.07, 6.45) is 7.57. The van der Waals surface area contributed by atoms with Gasteiger partial charge in [0, 0.05) is 26.4 Å². The van der Waals surface area contributed by atoms with Gasteiger partial charge in [-0.15, -0.1) is 28.3 Å². The van der Waals surface area contributed by atoms with Gasteiger partial charge in [-0.3, -0.25) is 0 Å². The van der Waals surface area contributed by atoms with Crippen molar-refractivity contribution in [2.24, 2.45) is 0 Å². The normalized spacial score (nSPS) is 11.3. The number of hydrogen-bond donors (Lipinski definition) is 0. The Balaban J connectivity index is 0. The molecular weight excluding hydrogens is 378 g/mol. The molecule has 7 heteroatoms. The lowest BCUT2D eigenvalue weighted by molar-refractivity contribution is 0.160. The van der Waals surface area contributed by atoms with E-state index < -0.39 is 0 Å². The molecule has 4 nitrogen and oxygen atoms in total. The second-order valence-corrected chi connectivity index (χ2v) is 10.8. The molecule has 0 unspecified atom stereocenters. The van der Waals surface area contributed by atoms with Crippen LogP contribution in [0.5, 0.6) is 0 Å². The van der Waals surface area contributed by atoms with Crippen molar-refractivity contribution in [2.75, 3.05) is 89.8 Å². The first kappa shape index (κ1) is 28.2.